The molecule has 4 aliphatic carbocycles. The van der Waals surface area contributed by atoms with Gasteiger partial charge in [0.05, 0.1) is 5.69 Å². The van der Waals surface area contributed by atoms with E-state index in [1.54, 1.807) is 11.3 Å². The summed E-state index contributed by atoms with van der Waals surface area (Å²) in [6.45, 7) is 0. The van der Waals surface area contributed by atoms with Gasteiger partial charge in [-0.05, 0) is 68.1 Å². The van der Waals surface area contributed by atoms with E-state index < -0.39 is 0 Å². The zero-order chi connectivity index (χ0) is 11.5. The van der Waals surface area contributed by atoms with E-state index in [1.807, 2.05) is 0 Å². The van der Waals surface area contributed by atoms with Crippen LogP contribution in [0.2, 0.25) is 0 Å². The summed E-state index contributed by atoms with van der Waals surface area (Å²) in [4.78, 5) is 4.48. The molecule has 1 heterocycles. The highest BCUT2D eigenvalue weighted by Gasteiger charge is 2.50. The molecule has 0 spiro atoms. The van der Waals surface area contributed by atoms with Crippen molar-refractivity contribution in [3.8, 4) is 0 Å². The van der Waals surface area contributed by atoms with Crippen LogP contribution in [-0.4, -0.2) is 4.98 Å². The first-order valence-electron chi connectivity index (χ1n) is 6.91. The molecule has 4 fully saturated rings. The average molecular weight is 285 g/mol. The highest BCUT2D eigenvalue weighted by molar-refractivity contribution is 7.13. The van der Waals surface area contributed by atoms with Gasteiger partial charge in [-0.25, -0.2) is 4.98 Å². The molecule has 2 nitrogen and oxygen atoms in total. The van der Waals surface area contributed by atoms with Gasteiger partial charge in [0.25, 0.3) is 0 Å². The number of nitrogens with two attached hydrogens (primary N) is 1. The highest BCUT2D eigenvalue weighted by Crippen LogP contribution is 2.61. The largest absolute Gasteiger partial charge is 0.375 e. The van der Waals surface area contributed by atoms with E-state index in [2.05, 4.69) is 10.4 Å². The molecular weight excluding hydrogens is 264 g/mol. The van der Waals surface area contributed by atoms with Gasteiger partial charge in [0.15, 0.2) is 5.13 Å². The summed E-state index contributed by atoms with van der Waals surface area (Å²) in [5, 5.41) is 2.92. The van der Waals surface area contributed by atoms with E-state index in [-0.39, 0.29) is 12.4 Å². The summed E-state index contributed by atoms with van der Waals surface area (Å²) < 4.78 is 0. The molecular formula is C14H21ClN2S. The summed E-state index contributed by atoms with van der Waals surface area (Å²) in [6, 6.07) is 0. The maximum atomic E-state index is 5.75. The normalized spacial score (nSPS) is 40.8. The standard InChI is InChI=1S/C14H20N2S.ClH/c15-13-16-12(8-17-13)7-14-4-9-1-10(5-14)3-11(2-9)6-14;/h8-11H,1-7H2,(H2,15,16);1H. The minimum Gasteiger partial charge on any atom is -0.375 e. The molecule has 1 aromatic heterocycles. The van der Waals surface area contributed by atoms with E-state index in [0.717, 1.165) is 22.9 Å². The fourth-order valence-corrected chi connectivity index (χ4v) is 5.86. The lowest BCUT2D eigenvalue weighted by Crippen LogP contribution is -2.47. The monoisotopic (exact) mass is 284 g/mol. The summed E-state index contributed by atoms with van der Waals surface area (Å²) >= 11 is 1.60. The van der Waals surface area contributed by atoms with Gasteiger partial charge in [-0.2, -0.15) is 0 Å². The second-order valence-electron chi connectivity index (χ2n) is 6.77. The van der Waals surface area contributed by atoms with E-state index in [9.17, 15) is 0 Å². The van der Waals surface area contributed by atoms with Crippen molar-refractivity contribution in [2.24, 2.45) is 23.2 Å². The van der Waals surface area contributed by atoms with E-state index in [1.165, 1.54) is 50.6 Å². The molecule has 4 bridgehead atoms. The maximum Gasteiger partial charge on any atom is 0.180 e. The van der Waals surface area contributed by atoms with Crippen LogP contribution in [0.4, 0.5) is 5.13 Å². The van der Waals surface area contributed by atoms with Gasteiger partial charge >= 0.3 is 0 Å². The molecule has 5 rings (SSSR count). The summed E-state index contributed by atoms with van der Waals surface area (Å²) in [7, 11) is 0. The van der Waals surface area contributed by atoms with Crippen molar-refractivity contribution in [3.63, 3.8) is 0 Å². The topological polar surface area (TPSA) is 38.9 Å². The molecule has 0 radical (unpaired) electrons. The molecule has 0 atom stereocenters. The second-order valence-corrected chi connectivity index (χ2v) is 7.66. The lowest BCUT2D eigenvalue weighted by molar-refractivity contribution is -0.0525. The zero-order valence-electron chi connectivity index (χ0n) is 10.6. The molecule has 4 heteroatoms. The fraction of sp³-hybridized carbons (Fsp3) is 0.786. The van der Waals surface area contributed by atoms with Crippen LogP contribution in [0, 0.1) is 23.2 Å². The number of aromatic nitrogens is 1. The Hall–Kier alpha value is -0.280. The van der Waals surface area contributed by atoms with E-state index >= 15 is 0 Å². The third-order valence-corrected chi connectivity index (χ3v) is 6.01. The minimum atomic E-state index is 0. The second kappa shape index (κ2) is 4.38. The predicted molar refractivity (Wildman–Crippen MR) is 78.1 cm³/mol. The van der Waals surface area contributed by atoms with Gasteiger partial charge < -0.3 is 5.73 Å². The molecule has 2 N–H and O–H groups in total. The Morgan fingerprint density at radius 2 is 1.72 bits per heavy atom. The molecule has 0 unspecified atom stereocenters. The summed E-state index contributed by atoms with van der Waals surface area (Å²) in [6.07, 6.45) is 10.2. The van der Waals surface area contributed by atoms with Crippen LogP contribution in [0.15, 0.2) is 5.38 Å². The van der Waals surface area contributed by atoms with E-state index in [4.69, 9.17) is 5.73 Å². The predicted octanol–water partition coefficient (Wildman–Crippen LogP) is 3.91. The Bertz CT molecular complexity index is 407. The van der Waals surface area contributed by atoms with Crippen molar-refractivity contribution in [1.29, 1.82) is 0 Å². The number of rotatable bonds is 2. The smallest absolute Gasteiger partial charge is 0.180 e. The Balaban J connectivity index is 0.000001000. The van der Waals surface area contributed by atoms with Crippen molar-refractivity contribution >= 4 is 28.9 Å². The van der Waals surface area contributed by atoms with Crippen molar-refractivity contribution in [2.75, 3.05) is 5.73 Å². The third kappa shape index (κ3) is 2.05. The number of thiazole rings is 1. The van der Waals surface area contributed by atoms with Crippen molar-refractivity contribution in [1.82, 2.24) is 4.98 Å². The number of anilines is 1. The van der Waals surface area contributed by atoms with Crippen molar-refractivity contribution in [2.45, 2.75) is 44.9 Å². The number of nitrogens with zero attached hydrogens (tertiary/aromatic N) is 1. The first-order valence-corrected chi connectivity index (χ1v) is 7.79. The van der Waals surface area contributed by atoms with Crippen LogP contribution < -0.4 is 5.73 Å². The Kier molecular flexibility index (Phi) is 3.10. The minimum absolute atomic E-state index is 0. The first kappa shape index (κ1) is 12.7. The Labute approximate surface area is 119 Å². The first-order chi connectivity index (χ1) is 8.21. The quantitative estimate of drug-likeness (QED) is 0.894. The Morgan fingerprint density at radius 3 is 2.17 bits per heavy atom. The molecule has 0 saturated heterocycles. The van der Waals surface area contributed by atoms with Gasteiger partial charge in [0.1, 0.15) is 0 Å². The van der Waals surface area contributed by atoms with Gasteiger partial charge in [0, 0.05) is 5.38 Å². The zero-order valence-corrected chi connectivity index (χ0v) is 12.2. The lowest BCUT2D eigenvalue weighted by Gasteiger charge is -2.56. The van der Waals surface area contributed by atoms with E-state index in [0.29, 0.717) is 5.41 Å². The van der Waals surface area contributed by atoms with Crippen molar-refractivity contribution in [3.05, 3.63) is 11.1 Å². The molecule has 4 saturated carbocycles. The SMILES string of the molecule is Cl.Nc1nc(CC23CC4CC(CC(C4)C2)C3)cs1. The summed E-state index contributed by atoms with van der Waals surface area (Å²) in [5.41, 5.74) is 7.62. The van der Waals surface area contributed by atoms with Crippen molar-refractivity contribution < 1.29 is 0 Å². The highest BCUT2D eigenvalue weighted by atomic mass is 35.5. The van der Waals surface area contributed by atoms with Crippen LogP contribution in [0.1, 0.15) is 44.2 Å². The molecule has 4 aliphatic rings. The van der Waals surface area contributed by atoms with Gasteiger partial charge in [-0.3, -0.25) is 0 Å². The number of hydrogen-bond donors (Lipinski definition) is 1. The number of halogens is 1. The number of nitrogen functional groups attached to an aromatic ring is 1. The van der Waals surface area contributed by atoms with Crippen LogP contribution in [0.25, 0.3) is 0 Å². The fourth-order valence-electron chi connectivity index (χ4n) is 5.29. The van der Waals surface area contributed by atoms with Gasteiger partial charge in [0.2, 0.25) is 0 Å². The molecule has 0 amide bonds. The molecule has 0 aliphatic heterocycles. The molecule has 18 heavy (non-hydrogen) atoms. The average Bonchev–Trinajstić information content (AvgIpc) is 2.60. The van der Waals surface area contributed by atoms with Gasteiger partial charge in [-0.15, -0.1) is 23.7 Å². The van der Waals surface area contributed by atoms with Crippen LogP contribution in [0.5, 0.6) is 0 Å². The van der Waals surface area contributed by atoms with Crippen LogP contribution in [0.3, 0.4) is 0 Å². The summed E-state index contributed by atoms with van der Waals surface area (Å²) in [5.74, 6) is 3.12. The van der Waals surface area contributed by atoms with Crippen LogP contribution in [-0.2, 0) is 6.42 Å². The molecule has 0 aromatic carbocycles. The van der Waals surface area contributed by atoms with Gasteiger partial charge in [-0.1, -0.05) is 0 Å². The Morgan fingerprint density at radius 1 is 1.17 bits per heavy atom. The lowest BCUT2D eigenvalue weighted by atomic mass is 9.48. The number of hydrogen-bond acceptors (Lipinski definition) is 3. The maximum absolute atomic E-state index is 5.75. The molecule has 100 valence electrons. The third-order valence-electron chi connectivity index (χ3n) is 5.29. The van der Waals surface area contributed by atoms with Crippen LogP contribution >= 0.6 is 23.7 Å². The molecule has 1 aromatic rings.